The second-order valence-corrected chi connectivity index (χ2v) is 5.51. The second kappa shape index (κ2) is 4.73. The maximum absolute atomic E-state index is 10.1. The monoisotopic (exact) mass is 393 g/mol. The fourth-order valence-electron chi connectivity index (χ4n) is 2.30. The number of halogens is 1. The molecule has 0 aliphatic carbocycles. The Labute approximate surface area is 126 Å². The Morgan fingerprint density at radius 3 is 2.85 bits per heavy atom. The molecule has 20 heavy (non-hydrogen) atoms. The Kier molecular flexibility index (Phi) is 3.29. The zero-order valence-corrected chi connectivity index (χ0v) is 12.3. The van der Waals surface area contributed by atoms with E-state index in [1.54, 1.807) is 0 Å². The number of nitrogens with zero attached hydrogens (tertiary/aromatic N) is 4. The molecule has 0 amide bonds. The molecule has 1 fully saturated rings. The van der Waals surface area contributed by atoms with Crippen LogP contribution in [-0.4, -0.2) is 60.5 Å². The summed E-state index contributed by atoms with van der Waals surface area (Å²) < 4.78 is 7.18. The Morgan fingerprint density at radius 1 is 1.50 bits per heavy atom. The molecule has 1 aliphatic rings. The maximum Gasteiger partial charge on any atom is 0.214 e. The van der Waals surface area contributed by atoms with Gasteiger partial charge in [-0.3, -0.25) is 0 Å². The highest BCUT2D eigenvalue weighted by atomic mass is 127. The number of aliphatic hydroxyl groups is 3. The van der Waals surface area contributed by atoms with Crippen LogP contribution in [0.4, 0.5) is 5.82 Å². The fraction of sp³-hybridized carbons (Fsp3) is 0.500. The number of fused-ring (bicyclic) bond motifs is 1. The summed E-state index contributed by atoms with van der Waals surface area (Å²) in [6.07, 6.45) is -1.18. The molecule has 3 atom stereocenters. The van der Waals surface area contributed by atoms with Crippen molar-refractivity contribution in [2.45, 2.75) is 17.9 Å². The van der Waals surface area contributed by atoms with E-state index < -0.39 is 24.5 Å². The van der Waals surface area contributed by atoms with Gasteiger partial charge < -0.3 is 25.8 Å². The lowest BCUT2D eigenvalue weighted by Crippen LogP contribution is -2.49. The van der Waals surface area contributed by atoms with Crippen LogP contribution in [0, 0.1) is 3.70 Å². The van der Waals surface area contributed by atoms with Crippen LogP contribution < -0.4 is 5.73 Å². The number of aliphatic hydroxyl groups excluding tert-OH is 3. The Balaban J connectivity index is 2.26. The normalized spacial score (nSPS) is 30.2. The lowest BCUT2D eigenvalue weighted by atomic mass is 10.1. The van der Waals surface area contributed by atoms with Crippen molar-refractivity contribution in [1.82, 2.24) is 19.7 Å². The van der Waals surface area contributed by atoms with Crippen LogP contribution in [0.3, 0.4) is 0 Å². The number of hydrogen-bond acceptors (Lipinski definition) is 8. The summed E-state index contributed by atoms with van der Waals surface area (Å²) in [6, 6.07) is 0. The van der Waals surface area contributed by atoms with E-state index in [4.69, 9.17) is 10.5 Å². The van der Waals surface area contributed by atoms with E-state index in [1.165, 1.54) is 11.0 Å². The van der Waals surface area contributed by atoms with E-state index in [2.05, 4.69) is 15.1 Å². The summed E-state index contributed by atoms with van der Waals surface area (Å²) in [5, 5.41) is 34.2. The molecule has 2 aromatic heterocycles. The smallest absolute Gasteiger partial charge is 0.214 e. The molecule has 3 rings (SSSR count). The van der Waals surface area contributed by atoms with Gasteiger partial charge in [0.2, 0.25) is 5.72 Å². The molecule has 1 aliphatic heterocycles. The molecule has 0 spiro atoms. The van der Waals surface area contributed by atoms with Crippen LogP contribution in [-0.2, 0) is 10.5 Å². The van der Waals surface area contributed by atoms with Crippen molar-refractivity contribution in [2.75, 3.05) is 18.9 Å². The molecule has 3 heterocycles. The van der Waals surface area contributed by atoms with Crippen molar-refractivity contribution in [3.05, 3.63) is 10.0 Å². The van der Waals surface area contributed by atoms with E-state index >= 15 is 0 Å². The molecule has 10 heteroatoms. The van der Waals surface area contributed by atoms with E-state index in [0.29, 0.717) is 14.7 Å². The fourth-order valence-corrected chi connectivity index (χ4v) is 3.03. The highest BCUT2D eigenvalue weighted by Gasteiger charge is 2.52. The van der Waals surface area contributed by atoms with Crippen molar-refractivity contribution in [2.24, 2.45) is 0 Å². The molecule has 9 nitrogen and oxygen atoms in total. The summed E-state index contributed by atoms with van der Waals surface area (Å²) >= 11 is 1.95. The zero-order chi connectivity index (χ0) is 14.5. The van der Waals surface area contributed by atoms with Gasteiger partial charge in [0.1, 0.15) is 28.1 Å². The van der Waals surface area contributed by atoms with Gasteiger partial charge in [-0.25, -0.2) is 14.6 Å². The topological polar surface area (TPSA) is 140 Å². The van der Waals surface area contributed by atoms with Crippen molar-refractivity contribution >= 4 is 39.4 Å². The van der Waals surface area contributed by atoms with Gasteiger partial charge in [0.15, 0.2) is 5.65 Å². The van der Waals surface area contributed by atoms with Crippen LogP contribution in [0.15, 0.2) is 6.33 Å². The zero-order valence-electron chi connectivity index (χ0n) is 10.1. The van der Waals surface area contributed by atoms with Crippen LogP contribution in [0.1, 0.15) is 0 Å². The van der Waals surface area contributed by atoms with E-state index in [1.807, 2.05) is 22.6 Å². The van der Waals surface area contributed by atoms with Crippen molar-refractivity contribution in [1.29, 1.82) is 0 Å². The average molecular weight is 393 g/mol. The predicted molar refractivity (Wildman–Crippen MR) is 75.5 cm³/mol. The Bertz CT molecular complexity index is 664. The number of hydrogen-bond donors (Lipinski definition) is 4. The first kappa shape index (κ1) is 13.9. The summed E-state index contributed by atoms with van der Waals surface area (Å²) in [6.45, 7) is -0.678. The van der Waals surface area contributed by atoms with E-state index in [0.717, 1.165) is 0 Å². The first-order chi connectivity index (χ1) is 9.51. The largest absolute Gasteiger partial charge is 0.391 e. The van der Waals surface area contributed by atoms with Gasteiger partial charge in [-0.1, -0.05) is 0 Å². The van der Waals surface area contributed by atoms with Crippen LogP contribution in [0.25, 0.3) is 11.0 Å². The Morgan fingerprint density at radius 2 is 2.25 bits per heavy atom. The quantitative estimate of drug-likeness (QED) is 0.448. The molecule has 0 unspecified atom stereocenters. The molecule has 0 bridgehead atoms. The summed E-state index contributed by atoms with van der Waals surface area (Å²) in [5.41, 5.74) is 4.53. The van der Waals surface area contributed by atoms with Crippen LogP contribution >= 0.6 is 22.6 Å². The second-order valence-electron chi connectivity index (χ2n) is 4.49. The van der Waals surface area contributed by atoms with Gasteiger partial charge >= 0.3 is 0 Å². The van der Waals surface area contributed by atoms with Crippen molar-refractivity contribution in [3.8, 4) is 0 Å². The number of rotatable bonds is 2. The molecule has 108 valence electrons. The lowest BCUT2D eigenvalue weighted by Gasteiger charge is -2.30. The molecular weight excluding hydrogens is 381 g/mol. The predicted octanol–water partition coefficient (Wildman–Crippen LogP) is -1.59. The van der Waals surface area contributed by atoms with E-state index in [9.17, 15) is 15.3 Å². The number of nitrogens with two attached hydrogens (primary N) is 1. The molecule has 5 N–H and O–H groups in total. The minimum Gasteiger partial charge on any atom is -0.391 e. The van der Waals surface area contributed by atoms with Gasteiger partial charge in [0.05, 0.1) is 18.6 Å². The van der Waals surface area contributed by atoms with E-state index in [-0.39, 0.29) is 12.4 Å². The highest BCUT2D eigenvalue weighted by Crippen LogP contribution is 2.35. The molecule has 2 aromatic rings. The van der Waals surface area contributed by atoms with Crippen molar-refractivity contribution < 1.29 is 20.1 Å². The minimum absolute atomic E-state index is 0.111. The standard InChI is InChI=1S/C10H12IN5O4/c11-7-5-8(12)13-3-14-9(5)16(15-7)10(2-17)6(19)4(18)1-20-10/h3-4,6,17-19H,1-2H2,(H2,12,13,14)/t4-,6-,10-/m0/s1. The maximum atomic E-state index is 10.1. The minimum atomic E-state index is -1.58. The molecule has 0 saturated carbocycles. The van der Waals surface area contributed by atoms with Gasteiger partial charge in [-0.15, -0.1) is 0 Å². The van der Waals surface area contributed by atoms with Crippen LogP contribution in [0.5, 0.6) is 0 Å². The number of nitrogen functional groups attached to an aromatic ring is 1. The van der Waals surface area contributed by atoms with Gasteiger partial charge in [0.25, 0.3) is 0 Å². The molecule has 1 saturated heterocycles. The number of ether oxygens (including phenoxy) is 1. The average Bonchev–Trinajstić information content (AvgIpc) is 2.92. The third kappa shape index (κ3) is 1.72. The molecule has 0 aromatic carbocycles. The highest BCUT2D eigenvalue weighted by molar-refractivity contribution is 14.1. The molecular formula is C10H12IN5O4. The van der Waals surface area contributed by atoms with Crippen molar-refractivity contribution in [3.63, 3.8) is 0 Å². The first-order valence-corrected chi connectivity index (χ1v) is 6.85. The van der Waals surface area contributed by atoms with Gasteiger partial charge in [-0.2, -0.15) is 5.10 Å². The molecule has 0 radical (unpaired) electrons. The first-order valence-electron chi connectivity index (χ1n) is 5.77. The summed E-state index contributed by atoms with van der Waals surface area (Å²) in [4.78, 5) is 7.96. The number of aromatic nitrogens is 4. The van der Waals surface area contributed by atoms with Gasteiger partial charge in [0, 0.05) is 0 Å². The third-order valence-corrected chi connectivity index (χ3v) is 4.12. The third-order valence-electron chi connectivity index (χ3n) is 3.37. The number of anilines is 1. The van der Waals surface area contributed by atoms with Crippen LogP contribution in [0.2, 0.25) is 0 Å². The summed E-state index contributed by atoms with van der Waals surface area (Å²) in [5.74, 6) is 0.242. The lowest BCUT2D eigenvalue weighted by molar-refractivity contribution is -0.156. The van der Waals surface area contributed by atoms with Gasteiger partial charge in [-0.05, 0) is 22.6 Å². The Hall–Kier alpha value is -1.08. The SMILES string of the molecule is Nc1ncnc2c1c(I)nn2[C@@]1(CO)OC[C@H](O)[C@@H]1O. The summed E-state index contributed by atoms with van der Waals surface area (Å²) in [7, 11) is 0.